The lowest BCUT2D eigenvalue weighted by Gasteiger charge is -2.10. The van der Waals surface area contributed by atoms with Gasteiger partial charge in [-0.25, -0.2) is 9.67 Å². The van der Waals surface area contributed by atoms with Crippen molar-refractivity contribution in [2.45, 2.75) is 6.54 Å². The van der Waals surface area contributed by atoms with Crippen LogP contribution in [-0.2, 0) is 11.3 Å². The van der Waals surface area contributed by atoms with Crippen LogP contribution in [0.3, 0.4) is 0 Å². The molecule has 4 rings (SSSR count). The van der Waals surface area contributed by atoms with E-state index in [-0.39, 0.29) is 24.2 Å². The molecule has 31 heavy (non-hydrogen) atoms. The van der Waals surface area contributed by atoms with Crippen molar-refractivity contribution in [1.82, 2.24) is 20.1 Å². The Bertz CT molecular complexity index is 1160. The number of amides is 2. The second-order valence-electron chi connectivity index (χ2n) is 6.50. The van der Waals surface area contributed by atoms with Crippen LogP contribution in [0.15, 0.2) is 83.9 Å². The van der Waals surface area contributed by atoms with Crippen molar-refractivity contribution in [3.05, 3.63) is 90.8 Å². The van der Waals surface area contributed by atoms with Crippen molar-refractivity contribution in [2.75, 3.05) is 11.9 Å². The summed E-state index contributed by atoms with van der Waals surface area (Å²) in [7, 11) is 0. The zero-order valence-electron chi connectivity index (χ0n) is 16.4. The molecule has 156 valence electrons. The van der Waals surface area contributed by atoms with Gasteiger partial charge in [0.05, 0.1) is 6.26 Å². The summed E-state index contributed by atoms with van der Waals surface area (Å²) in [5.74, 6) is 0.686. The molecule has 0 bridgehead atoms. The Kier molecular flexibility index (Phi) is 6.03. The molecule has 9 heteroatoms. The Morgan fingerprint density at radius 1 is 1.06 bits per heavy atom. The lowest BCUT2D eigenvalue weighted by molar-refractivity contribution is -0.123. The van der Waals surface area contributed by atoms with Crippen LogP contribution in [0.4, 0.5) is 5.69 Å². The number of pyridine rings is 1. The molecular formula is C22H19N5O4. The molecule has 4 aromatic rings. The van der Waals surface area contributed by atoms with Crippen molar-refractivity contribution >= 4 is 17.5 Å². The van der Waals surface area contributed by atoms with E-state index in [2.05, 4.69) is 20.7 Å². The SMILES string of the molecule is O=C(COc1cccc(NC(=O)c2ccco2)c1)NCc1ccnc(-n2cccn2)c1. The van der Waals surface area contributed by atoms with Crippen LogP contribution in [-0.4, -0.2) is 33.2 Å². The van der Waals surface area contributed by atoms with Gasteiger partial charge in [-0.15, -0.1) is 0 Å². The van der Waals surface area contributed by atoms with Crippen LogP contribution in [0.25, 0.3) is 5.82 Å². The van der Waals surface area contributed by atoms with E-state index in [9.17, 15) is 9.59 Å². The predicted octanol–water partition coefficient (Wildman–Crippen LogP) is 2.81. The van der Waals surface area contributed by atoms with Crippen LogP contribution < -0.4 is 15.4 Å². The van der Waals surface area contributed by atoms with E-state index in [1.54, 1.807) is 59.7 Å². The number of carbonyl (C=O) groups is 2. The van der Waals surface area contributed by atoms with Crippen LogP contribution in [0, 0.1) is 0 Å². The number of hydrogen-bond acceptors (Lipinski definition) is 6. The Hall–Kier alpha value is -4.40. The van der Waals surface area contributed by atoms with E-state index < -0.39 is 0 Å². The number of aromatic nitrogens is 3. The standard InChI is InChI=1S/C22H19N5O4/c28-21(24-14-16-7-9-23-20(12-16)27-10-3-8-25-27)15-31-18-5-1-4-17(13-18)26-22(29)19-6-2-11-30-19/h1-13H,14-15H2,(H,24,28)(H,26,29). The minimum absolute atomic E-state index is 0.160. The molecule has 0 saturated carbocycles. The molecule has 1 aromatic carbocycles. The largest absolute Gasteiger partial charge is 0.484 e. The fourth-order valence-electron chi connectivity index (χ4n) is 2.76. The summed E-state index contributed by atoms with van der Waals surface area (Å²) in [6, 6.07) is 15.5. The second-order valence-corrected chi connectivity index (χ2v) is 6.50. The summed E-state index contributed by atoms with van der Waals surface area (Å²) in [6.07, 6.45) is 6.56. The molecule has 0 aliphatic heterocycles. The molecular weight excluding hydrogens is 398 g/mol. The Balaban J connectivity index is 1.27. The molecule has 2 N–H and O–H groups in total. The number of rotatable bonds is 8. The Morgan fingerprint density at radius 2 is 2.00 bits per heavy atom. The van der Waals surface area contributed by atoms with Gasteiger partial charge in [0.2, 0.25) is 0 Å². The van der Waals surface area contributed by atoms with Gasteiger partial charge < -0.3 is 19.8 Å². The summed E-state index contributed by atoms with van der Waals surface area (Å²) >= 11 is 0. The molecule has 0 saturated heterocycles. The molecule has 9 nitrogen and oxygen atoms in total. The van der Waals surface area contributed by atoms with Gasteiger partial charge in [0.1, 0.15) is 5.75 Å². The monoisotopic (exact) mass is 417 g/mol. The highest BCUT2D eigenvalue weighted by Crippen LogP contribution is 2.18. The molecule has 0 atom stereocenters. The first-order valence-electron chi connectivity index (χ1n) is 9.47. The van der Waals surface area contributed by atoms with Crippen LogP contribution in [0.1, 0.15) is 16.1 Å². The average molecular weight is 417 g/mol. The number of carbonyl (C=O) groups excluding carboxylic acids is 2. The molecule has 3 heterocycles. The van der Waals surface area contributed by atoms with Gasteiger partial charge in [0.25, 0.3) is 11.8 Å². The average Bonchev–Trinajstić information content (AvgIpc) is 3.51. The first-order valence-corrected chi connectivity index (χ1v) is 9.47. The zero-order valence-corrected chi connectivity index (χ0v) is 16.4. The molecule has 0 aliphatic carbocycles. The molecule has 0 spiro atoms. The lowest BCUT2D eigenvalue weighted by Crippen LogP contribution is -2.28. The van der Waals surface area contributed by atoms with Gasteiger partial charge in [-0.3, -0.25) is 9.59 Å². The summed E-state index contributed by atoms with van der Waals surface area (Å²) in [4.78, 5) is 28.5. The maximum Gasteiger partial charge on any atom is 0.291 e. The number of furan rings is 1. The van der Waals surface area contributed by atoms with Crippen molar-refractivity contribution in [3.8, 4) is 11.6 Å². The fourth-order valence-corrected chi connectivity index (χ4v) is 2.76. The normalized spacial score (nSPS) is 10.5. The van der Waals surface area contributed by atoms with Gasteiger partial charge in [0, 0.05) is 36.9 Å². The van der Waals surface area contributed by atoms with Crippen molar-refractivity contribution < 1.29 is 18.7 Å². The highest BCUT2D eigenvalue weighted by atomic mass is 16.5. The second kappa shape index (κ2) is 9.40. The minimum Gasteiger partial charge on any atom is -0.484 e. The van der Waals surface area contributed by atoms with Gasteiger partial charge in [0.15, 0.2) is 18.2 Å². The van der Waals surface area contributed by atoms with Crippen molar-refractivity contribution in [2.24, 2.45) is 0 Å². The third-order valence-electron chi connectivity index (χ3n) is 4.25. The fraction of sp³-hybridized carbons (Fsp3) is 0.0909. The van der Waals surface area contributed by atoms with Crippen LogP contribution in [0.2, 0.25) is 0 Å². The van der Waals surface area contributed by atoms with E-state index in [0.717, 1.165) is 5.56 Å². The highest BCUT2D eigenvalue weighted by molar-refractivity contribution is 6.02. The summed E-state index contributed by atoms with van der Waals surface area (Å²) in [5.41, 5.74) is 1.42. The van der Waals surface area contributed by atoms with Crippen molar-refractivity contribution in [3.63, 3.8) is 0 Å². The lowest BCUT2D eigenvalue weighted by atomic mass is 10.2. The van der Waals surface area contributed by atoms with Crippen molar-refractivity contribution in [1.29, 1.82) is 0 Å². The maximum atomic E-state index is 12.2. The number of ether oxygens (including phenoxy) is 1. The Morgan fingerprint density at radius 3 is 2.81 bits per heavy atom. The van der Waals surface area contributed by atoms with Gasteiger partial charge in [-0.2, -0.15) is 5.10 Å². The van der Waals surface area contributed by atoms with E-state index in [4.69, 9.17) is 9.15 Å². The summed E-state index contributed by atoms with van der Waals surface area (Å²) in [6.45, 7) is 0.172. The third-order valence-corrected chi connectivity index (χ3v) is 4.25. The first kappa shape index (κ1) is 19.9. The topological polar surface area (TPSA) is 111 Å². The first-order chi connectivity index (χ1) is 15.2. The smallest absolute Gasteiger partial charge is 0.291 e. The van der Waals surface area contributed by atoms with Gasteiger partial charge in [-0.1, -0.05) is 6.07 Å². The number of nitrogens with one attached hydrogen (secondary N) is 2. The van der Waals surface area contributed by atoms with E-state index >= 15 is 0 Å². The molecule has 0 aliphatic rings. The third kappa shape index (κ3) is 5.36. The van der Waals surface area contributed by atoms with E-state index in [0.29, 0.717) is 23.8 Å². The molecule has 2 amide bonds. The highest BCUT2D eigenvalue weighted by Gasteiger charge is 2.10. The number of hydrogen-bond donors (Lipinski definition) is 2. The van der Waals surface area contributed by atoms with E-state index in [1.807, 2.05) is 18.2 Å². The van der Waals surface area contributed by atoms with Crippen LogP contribution in [0.5, 0.6) is 5.75 Å². The maximum absolute atomic E-state index is 12.2. The minimum atomic E-state index is -0.369. The van der Waals surface area contributed by atoms with E-state index in [1.165, 1.54) is 6.26 Å². The number of anilines is 1. The zero-order chi connectivity index (χ0) is 21.5. The van der Waals surface area contributed by atoms with Gasteiger partial charge >= 0.3 is 0 Å². The van der Waals surface area contributed by atoms with Gasteiger partial charge in [-0.05, 0) is 48.0 Å². The molecule has 0 unspecified atom stereocenters. The molecule has 0 fully saturated rings. The summed E-state index contributed by atoms with van der Waals surface area (Å²) < 4.78 is 12.2. The number of nitrogens with zero attached hydrogens (tertiary/aromatic N) is 3. The summed E-state index contributed by atoms with van der Waals surface area (Å²) in [5, 5.41) is 9.65. The quantitative estimate of drug-likeness (QED) is 0.456. The Labute approximate surface area is 177 Å². The molecule has 0 radical (unpaired) electrons. The molecule has 3 aromatic heterocycles. The predicted molar refractivity (Wildman–Crippen MR) is 112 cm³/mol. The number of benzene rings is 1. The van der Waals surface area contributed by atoms with Crippen LogP contribution >= 0.6 is 0 Å².